The van der Waals surface area contributed by atoms with Crippen molar-refractivity contribution in [2.75, 3.05) is 0 Å². The van der Waals surface area contributed by atoms with Crippen molar-refractivity contribution >= 4 is 11.8 Å². The topological polar surface area (TPSA) is 12.9 Å². The second kappa shape index (κ2) is 3.31. The third-order valence-electron chi connectivity index (χ3n) is 1.95. The lowest BCUT2D eigenvalue weighted by Gasteiger charge is -2.06. The minimum atomic E-state index is 0.561. The van der Waals surface area contributed by atoms with Crippen molar-refractivity contribution in [3.05, 3.63) is 41.1 Å². The van der Waals surface area contributed by atoms with Crippen LogP contribution in [0.3, 0.4) is 0 Å². The lowest BCUT2D eigenvalue weighted by atomic mass is 10.2. The number of allylic oxidation sites excluding steroid dienone is 1. The van der Waals surface area contributed by atoms with Crippen LogP contribution >= 0.6 is 11.8 Å². The van der Waals surface area contributed by atoms with E-state index < -0.39 is 0 Å². The monoisotopic (exact) mass is 177 g/mol. The molecule has 2 heterocycles. The number of aromatic nitrogens is 1. The fraction of sp³-hybridized carbons (Fsp3) is 0.300. The summed E-state index contributed by atoms with van der Waals surface area (Å²) in [4.78, 5) is 4.40. The van der Waals surface area contributed by atoms with E-state index in [2.05, 4.69) is 35.5 Å². The largest absolute Gasteiger partial charge is 0.260 e. The van der Waals surface area contributed by atoms with Crippen molar-refractivity contribution in [1.82, 2.24) is 4.98 Å². The minimum Gasteiger partial charge on any atom is -0.260 e. The lowest BCUT2D eigenvalue weighted by Crippen LogP contribution is -1.92. The summed E-state index contributed by atoms with van der Waals surface area (Å²) in [5.74, 6) is 0. The van der Waals surface area contributed by atoms with Gasteiger partial charge in [0.1, 0.15) is 0 Å². The van der Waals surface area contributed by atoms with Gasteiger partial charge in [0, 0.05) is 6.20 Å². The molecule has 1 aromatic rings. The molecule has 0 N–H and O–H groups in total. The molecular weight excluding hydrogens is 166 g/mol. The molecule has 1 unspecified atom stereocenters. The number of nitrogens with zero attached hydrogens (tertiary/aromatic N) is 1. The smallest absolute Gasteiger partial charge is 0.0546 e. The van der Waals surface area contributed by atoms with Crippen LogP contribution in [0, 0.1) is 6.92 Å². The molecule has 0 saturated heterocycles. The van der Waals surface area contributed by atoms with Gasteiger partial charge in [-0.15, -0.1) is 11.8 Å². The van der Waals surface area contributed by atoms with Gasteiger partial charge in [-0.3, -0.25) is 4.98 Å². The molecule has 0 saturated carbocycles. The van der Waals surface area contributed by atoms with Crippen LogP contribution in [0.1, 0.15) is 22.9 Å². The van der Waals surface area contributed by atoms with Crippen molar-refractivity contribution < 1.29 is 0 Å². The van der Waals surface area contributed by atoms with Crippen molar-refractivity contribution in [2.45, 2.75) is 18.6 Å². The van der Waals surface area contributed by atoms with Crippen molar-refractivity contribution in [1.29, 1.82) is 0 Å². The first kappa shape index (κ1) is 7.87. The van der Waals surface area contributed by atoms with Gasteiger partial charge in [0.2, 0.25) is 0 Å². The Bertz CT molecular complexity index is 281. The molecular formula is C10H11NS. The Morgan fingerprint density at radius 1 is 1.50 bits per heavy atom. The van der Waals surface area contributed by atoms with Crippen LogP contribution in [0.15, 0.2) is 29.8 Å². The maximum absolute atomic E-state index is 4.40. The van der Waals surface area contributed by atoms with Crippen LogP contribution in [0.4, 0.5) is 0 Å². The number of aryl methyl sites for hydroxylation is 1. The van der Waals surface area contributed by atoms with Crippen molar-refractivity contribution in [3.63, 3.8) is 0 Å². The standard InChI is InChI=1S/C10H11NS/c1-8-4-5-9(11-7-8)10-3-2-6-12-10/h2,4-7,10H,3H2,1H3. The second-order valence-corrected chi connectivity index (χ2v) is 4.11. The van der Waals surface area contributed by atoms with E-state index in [1.807, 2.05) is 18.0 Å². The summed E-state index contributed by atoms with van der Waals surface area (Å²) in [5.41, 5.74) is 2.44. The number of hydrogen-bond donors (Lipinski definition) is 0. The van der Waals surface area contributed by atoms with Gasteiger partial charge < -0.3 is 0 Å². The van der Waals surface area contributed by atoms with Gasteiger partial charge in [0.15, 0.2) is 0 Å². The summed E-state index contributed by atoms with van der Waals surface area (Å²) >= 11 is 1.86. The highest BCUT2D eigenvalue weighted by molar-refractivity contribution is 8.02. The Morgan fingerprint density at radius 3 is 3.00 bits per heavy atom. The highest BCUT2D eigenvalue weighted by Gasteiger charge is 2.13. The molecule has 0 fully saturated rings. The first-order valence-corrected chi connectivity index (χ1v) is 5.03. The maximum Gasteiger partial charge on any atom is 0.0546 e. The molecule has 62 valence electrons. The summed E-state index contributed by atoms with van der Waals surface area (Å²) in [6.45, 7) is 2.07. The molecule has 2 heteroatoms. The fourth-order valence-corrected chi connectivity index (χ4v) is 2.16. The van der Waals surface area contributed by atoms with Crippen LogP contribution < -0.4 is 0 Å². The van der Waals surface area contributed by atoms with E-state index >= 15 is 0 Å². The average Bonchev–Trinajstić information content (AvgIpc) is 2.58. The zero-order valence-corrected chi connectivity index (χ0v) is 7.84. The molecule has 1 nitrogen and oxygen atoms in total. The highest BCUT2D eigenvalue weighted by Crippen LogP contribution is 2.36. The Hall–Kier alpha value is -0.760. The van der Waals surface area contributed by atoms with Crippen LogP contribution in [-0.2, 0) is 0 Å². The molecule has 0 aromatic carbocycles. The zero-order chi connectivity index (χ0) is 8.39. The number of pyridine rings is 1. The third kappa shape index (κ3) is 1.53. The van der Waals surface area contributed by atoms with E-state index in [1.165, 1.54) is 11.3 Å². The van der Waals surface area contributed by atoms with E-state index in [9.17, 15) is 0 Å². The predicted octanol–water partition coefficient (Wildman–Crippen LogP) is 3.08. The summed E-state index contributed by atoms with van der Waals surface area (Å²) in [6, 6.07) is 4.25. The number of hydrogen-bond acceptors (Lipinski definition) is 2. The summed E-state index contributed by atoms with van der Waals surface area (Å²) in [5, 5.41) is 2.72. The van der Waals surface area contributed by atoms with Crippen molar-refractivity contribution in [3.8, 4) is 0 Å². The number of rotatable bonds is 1. The molecule has 1 atom stereocenters. The molecule has 1 aromatic heterocycles. The molecule has 0 bridgehead atoms. The van der Waals surface area contributed by atoms with Gasteiger partial charge in [0.05, 0.1) is 10.9 Å². The maximum atomic E-state index is 4.40. The van der Waals surface area contributed by atoms with Crippen LogP contribution in [0.5, 0.6) is 0 Å². The van der Waals surface area contributed by atoms with Gasteiger partial charge in [0.25, 0.3) is 0 Å². The zero-order valence-electron chi connectivity index (χ0n) is 7.03. The molecule has 2 rings (SSSR count). The quantitative estimate of drug-likeness (QED) is 0.653. The van der Waals surface area contributed by atoms with Crippen LogP contribution in [0.25, 0.3) is 0 Å². The van der Waals surface area contributed by atoms with Gasteiger partial charge in [-0.25, -0.2) is 0 Å². The van der Waals surface area contributed by atoms with Crippen molar-refractivity contribution in [2.24, 2.45) is 0 Å². The predicted molar refractivity (Wildman–Crippen MR) is 53.1 cm³/mol. The Labute approximate surface area is 76.9 Å². The molecule has 0 amide bonds. The van der Waals surface area contributed by atoms with E-state index in [4.69, 9.17) is 0 Å². The molecule has 12 heavy (non-hydrogen) atoms. The highest BCUT2D eigenvalue weighted by atomic mass is 32.2. The normalized spacial score (nSPS) is 21.6. The fourth-order valence-electron chi connectivity index (χ4n) is 1.25. The Kier molecular flexibility index (Phi) is 2.17. The van der Waals surface area contributed by atoms with Gasteiger partial charge >= 0.3 is 0 Å². The SMILES string of the molecule is Cc1ccc(C2CC=CS2)nc1. The van der Waals surface area contributed by atoms with E-state index in [1.54, 1.807) is 0 Å². The van der Waals surface area contributed by atoms with Crippen LogP contribution in [-0.4, -0.2) is 4.98 Å². The lowest BCUT2D eigenvalue weighted by molar-refractivity contribution is 0.929. The van der Waals surface area contributed by atoms with E-state index in [0.717, 1.165) is 6.42 Å². The van der Waals surface area contributed by atoms with E-state index in [0.29, 0.717) is 5.25 Å². The number of thioether (sulfide) groups is 1. The molecule has 1 aliphatic heterocycles. The second-order valence-electron chi connectivity index (χ2n) is 2.99. The van der Waals surface area contributed by atoms with Gasteiger partial charge in [-0.05, 0) is 30.4 Å². The summed E-state index contributed by atoms with van der Waals surface area (Å²) in [6.07, 6.45) is 5.27. The van der Waals surface area contributed by atoms with Crippen LogP contribution in [0.2, 0.25) is 0 Å². The Balaban J connectivity index is 2.18. The third-order valence-corrected chi connectivity index (χ3v) is 3.07. The van der Waals surface area contributed by atoms with E-state index in [-0.39, 0.29) is 0 Å². The first-order chi connectivity index (χ1) is 5.86. The summed E-state index contributed by atoms with van der Waals surface area (Å²) in [7, 11) is 0. The molecule has 0 aliphatic carbocycles. The molecule has 0 radical (unpaired) electrons. The first-order valence-electron chi connectivity index (χ1n) is 4.09. The molecule has 1 aliphatic rings. The van der Waals surface area contributed by atoms with Gasteiger partial charge in [-0.2, -0.15) is 0 Å². The summed E-state index contributed by atoms with van der Waals surface area (Å²) < 4.78 is 0. The Morgan fingerprint density at radius 2 is 2.42 bits per heavy atom. The average molecular weight is 177 g/mol. The van der Waals surface area contributed by atoms with Gasteiger partial charge in [-0.1, -0.05) is 12.1 Å². The molecule has 0 spiro atoms. The minimum absolute atomic E-state index is 0.561.